The highest BCUT2D eigenvalue weighted by Crippen LogP contribution is 2.31. The monoisotopic (exact) mass is 674 g/mol. The Labute approximate surface area is 260 Å². The molecule has 1 aromatic heterocycles. The number of hydrogen-bond acceptors (Lipinski definition) is 7. The van der Waals surface area contributed by atoms with Crippen LogP contribution in [0.5, 0.6) is 0 Å². The number of hydrogen-bond donors (Lipinski definition) is 4. The third-order valence-electron chi connectivity index (χ3n) is 7.10. The number of benzene rings is 4. The van der Waals surface area contributed by atoms with E-state index in [1.165, 1.54) is 0 Å². The number of carboxylic acids is 1. The lowest BCUT2D eigenvalue weighted by molar-refractivity contribution is -0.192. The number of alkyl halides is 3. The molecule has 1 amide bonds. The van der Waals surface area contributed by atoms with Crippen molar-refractivity contribution in [2.75, 3.05) is 0 Å². The molecular weight excluding hydrogens is 649 g/mol. The smallest absolute Gasteiger partial charge is 0.475 e. The van der Waals surface area contributed by atoms with Gasteiger partial charge in [0, 0.05) is 0 Å². The lowest BCUT2D eigenvalue weighted by atomic mass is 10.0. The zero-order valence-corrected chi connectivity index (χ0v) is 25.2. The quantitative estimate of drug-likeness (QED) is 0.195. The molecule has 11 nitrogen and oxygen atoms in total. The fourth-order valence-corrected chi connectivity index (χ4v) is 7.54. The summed E-state index contributed by atoms with van der Waals surface area (Å²) in [4.78, 5) is 28.5. The van der Waals surface area contributed by atoms with Crippen LogP contribution in [-0.2, 0) is 36.1 Å². The highest BCUT2D eigenvalue weighted by atomic mass is 32.2. The van der Waals surface area contributed by atoms with Gasteiger partial charge in [-0.15, -0.1) is 0 Å². The molecule has 4 aromatic carbocycles. The number of nitrogens with one attached hydrogen (secondary N) is 3. The standard InChI is InChI=1S/C28H24N4O5S2.C2HF3O2/c33-27-17-26(39(36,37)32-27)20-11-9-18(10-12-20)15-25(28-29-23-7-3-4-8-24(23)30-28)31-38(34,35)22-14-13-19-5-1-2-6-21(19)16-22;3-2(4,5)1(6)7/h1-14,16,25-26,31H,15,17H2,(H,29,30)(H,32,33);(H,6,7)/t25-,26?;/m0./s1. The van der Waals surface area contributed by atoms with E-state index in [0.717, 1.165) is 21.9 Å². The summed E-state index contributed by atoms with van der Waals surface area (Å²) in [7, 11) is -7.69. The maximum absolute atomic E-state index is 13.5. The van der Waals surface area contributed by atoms with Gasteiger partial charge in [-0.05, 0) is 52.6 Å². The van der Waals surface area contributed by atoms with Crippen LogP contribution in [-0.4, -0.2) is 50.0 Å². The number of amides is 1. The maximum atomic E-state index is 13.5. The topological polar surface area (TPSA) is 175 Å². The van der Waals surface area contributed by atoms with Crippen LogP contribution in [0, 0.1) is 0 Å². The number of para-hydroxylation sites is 2. The van der Waals surface area contributed by atoms with Crippen LogP contribution < -0.4 is 9.44 Å². The Hall–Kier alpha value is -4.80. The van der Waals surface area contributed by atoms with Crippen LogP contribution in [0.4, 0.5) is 13.2 Å². The number of halogens is 3. The van der Waals surface area contributed by atoms with Crippen LogP contribution >= 0.6 is 0 Å². The van der Waals surface area contributed by atoms with Gasteiger partial charge in [0.25, 0.3) is 0 Å². The second-order valence-corrected chi connectivity index (χ2v) is 13.9. The minimum Gasteiger partial charge on any atom is -0.475 e. The van der Waals surface area contributed by atoms with Crippen LogP contribution in [0.1, 0.15) is 34.7 Å². The number of sulfonamides is 2. The SMILES string of the molecule is O=C(O)C(F)(F)F.O=C1CC(c2ccc(C[C@H](NS(=O)(=O)c3ccc4ccccc4c3)c3nc4ccccc4[nH]3)cc2)S(=O)(=O)N1. The van der Waals surface area contributed by atoms with E-state index in [1.807, 2.05) is 53.3 Å². The van der Waals surface area contributed by atoms with Gasteiger partial charge in [-0.2, -0.15) is 13.2 Å². The van der Waals surface area contributed by atoms with Crippen molar-refractivity contribution in [2.24, 2.45) is 0 Å². The lowest BCUT2D eigenvalue weighted by Gasteiger charge is -2.18. The maximum Gasteiger partial charge on any atom is 0.490 e. The Morgan fingerprint density at radius 2 is 1.61 bits per heavy atom. The molecule has 0 bridgehead atoms. The molecule has 0 saturated carbocycles. The Morgan fingerprint density at radius 1 is 0.978 bits per heavy atom. The van der Waals surface area contributed by atoms with E-state index in [2.05, 4.69) is 14.7 Å². The van der Waals surface area contributed by atoms with Gasteiger partial charge in [0.05, 0.1) is 28.4 Å². The zero-order valence-electron chi connectivity index (χ0n) is 23.5. The number of carboxylic acid groups (broad SMARTS) is 1. The summed E-state index contributed by atoms with van der Waals surface area (Å²) in [5.41, 5.74) is 2.75. The molecule has 0 radical (unpaired) electrons. The number of aliphatic carboxylic acids is 1. The first-order valence-corrected chi connectivity index (χ1v) is 16.5. The van der Waals surface area contributed by atoms with Gasteiger partial charge in [0.15, 0.2) is 0 Å². The van der Waals surface area contributed by atoms with Crippen LogP contribution in [0.2, 0.25) is 0 Å². The summed E-state index contributed by atoms with van der Waals surface area (Å²) in [6.45, 7) is 0. The predicted molar refractivity (Wildman–Crippen MR) is 161 cm³/mol. The largest absolute Gasteiger partial charge is 0.490 e. The first-order chi connectivity index (χ1) is 21.6. The number of rotatable bonds is 7. The second-order valence-electron chi connectivity index (χ2n) is 10.3. The molecule has 4 N–H and O–H groups in total. The minimum absolute atomic E-state index is 0.130. The number of aromatic nitrogens is 2. The van der Waals surface area contributed by atoms with E-state index in [9.17, 15) is 34.8 Å². The van der Waals surface area contributed by atoms with Gasteiger partial charge in [-0.3, -0.25) is 9.52 Å². The van der Waals surface area contributed by atoms with Crippen molar-refractivity contribution in [1.29, 1.82) is 0 Å². The molecule has 1 saturated heterocycles. The van der Waals surface area contributed by atoms with Crippen molar-refractivity contribution in [3.05, 3.63) is 108 Å². The van der Waals surface area contributed by atoms with Crippen molar-refractivity contribution in [3.63, 3.8) is 0 Å². The summed E-state index contributed by atoms with van der Waals surface area (Å²) in [5, 5.41) is 7.93. The first kappa shape index (κ1) is 32.6. The fourth-order valence-electron chi connectivity index (χ4n) is 4.87. The number of carbonyl (C=O) groups is 2. The molecule has 240 valence electrons. The van der Waals surface area contributed by atoms with Crippen molar-refractivity contribution in [2.45, 2.75) is 35.2 Å². The number of fused-ring (bicyclic) bond motifs is 2. The lowest BCUT2D eigenvalue weighted by Crippen LogP contribution is -2.31. The zero-order chi connectivity index (χ0) is 33.3. The fraction of sp³-hybridized carbons (Fsp3) is 0.167. The number of nitrogens with zero attached hydrogens (tertiary/aromatic N) is 1. The first-order valence-electron chi connectivity index (χ1n) is 13.5. The van der Waals surface area contributed by atoms with E-state index >= 15 is 0 Å². The van der Waals surface area contributed by atoms with E-state index in [1.54, 1.807) is 42.5 Å². The van der Waals surface area contributed by atoms with Gasteiger partial charge >= 0.3 is 12.1 Å². The van der Waals surface area contributed by atoms with Gasteiger partial charge < -0.3 is 10.1 Å². The van der Waals surface area contributed by atoms with Gasteiger partial charge in [0.2, 0.25) is 26.0 Å². The Balaban J connectivity index is 0.000000537. The molecule has 16 heteroatoms. The summed E-state index contributed by atoms with van der Waals surface area (Å²) < 4.78 is 88.2. The number of imidazole rings is 1. The van der Waals surface area contributed by atoms with Crippen LogP contribution in [0.25, 0.3) is 21.8 Å². The number of H-pyrrole nitrogens is 1. The van der Waals surface area contributed by atoms with Gasteiger partial charge in [-0.1, -0.05) is 66.7 Å². The summed E-state index contributed by atoms with van der Waals surface area (Å²) in [5.74, 6) is -2.83. The molecule has 0 aliphatic carbocycles. The predicted octanol–water partition coefficient (Wildman–Crippen LogP) is 4.50. The van der Waals surface area contributed by atoms with Crippen molar-refractivity contribution in [1.82, 2.24) is 19.4 Å². The molecule has 1 aliphatic rings. The van der Waals surface area contributed by atoms with Gasteiger partial charge in [-0.25, -0.2) is 31.3 Å². The van der Waals surface area contributed by atoms with E-state index < -0.39 is 49.4 Å². The average Bonchev–Trinajstić information content (AvgIpc) is 3.56. The molecule has 6 rings (SSSR count). The highest BCUT2D eigenvalue weighted by molar-refractivity contribution is 7.90. The molecular formula is C30H25F3N4O7S2. The van der Waals surface area contributed by atoms with Crippen molar-refractivity contribution in [3.8, 4) is 0 Å². The van der Waals surface area contributed by atoms with Crippen LogP contribution in [0.3, 0.4) is 0 Å². The molecule has 0 spiro atoms. The third-order valence-corrected chi connectivity index (χ3v) is 10.3. The molecule has 2 atom stereocenters. The van der Waals surface area contributed by atoms with Crippen molar-refractivity contribution < 1.29 is 44.7 Å². The van der Waals surface area contributed by atoms with Crippen molar-refractivity contribution >= 4 is 53.7 Å². The van der Waals surface area contributed by atoms with E-state index in [-0.39, 0.29) is 17.7 Å². The Bertz CT molecular complexity index is 2120. The summed E-state index contributed by atoms with van der Waals surface area (Å²) in [6, 6.07) is 26.0. The Kier molecular flexibility index (Phi) is 8.88. The molecule has 1 fully saturated rings. The highest BCUT2D eigenvalue weighted by Gasteiger charge is 2.38. The summed E-state index contributed by atoms with van der Waals surface area (Å²) in [6.07, 6.45) is -4.96. The molecule has 1 aliphatic heterocycles. The Morgan fingerprint density at radius 3 is 2.22 bits per heavy atom. The molecule has 1 unspecified atom stereocenters. The van der Waals surface area contributed by atoms with E-state index in [0.29, 0.717) is 16.9 Å². The van der Waals surface area contributed by atoms with Crippen LogP contribution in [0.15, 0.2) is 95.9 Å². The number of aromatic amines is 1. The van der Waals surface area contributed by atoms with E-state index in [4.69, 9.17) is 9.90 Å². The molecule has 46 heavy (non-hydrogen) atoms. The second kappa shape index (κ2) is 12.5. The third kappa shape index (κ3) is 7.35. The molecule has 5 aromatic rings. The number of carbonyl (C=O) groups excluding carboxylic acids is 1. The molecule has 2 heterocycles. The van der Waals surface area contributed by atoms with Gasteiger partial charge in [0.1, 0.15) is 11.1 Å². The minimum atomic E-state index is -5.08. The summed E-state index contributed by atoms with van der Waals surface area (Å²) >= 11 is 0. The average molecular weight is 675 g/mol. The normalized spacial score (nSPS) is 16.8.